The molecule has 0 unspecified atom stereocenters. The van der Waals surface area contributed by atoms with Crippen LogP contribution in [0.3, 0.4) is 0 Å². The average Bonchev–Trinajstić information content (AvgIpc) is 3.30. The van der Waals surface area contributed by atoms with Gasteiger partial charge in [-0.15, -0.1) is 0 Å². The van der Waals surface area contributed by atoms with E-state index in [1.807, 2.05) is 26.0 Å². The minimum Gasteiger partial charge on any atom is -0.481 e. The molecule has 164 valence electrons. The standard InChI is InChI=1S/C24H30N4O3/c1-6-28-19-13-24(4,5)10-9-18(19)21(26-28)23-25-22(27-31-23)16-11-14(2)17(15(3)12-16)7-8-20(29)30/h11-12H,6-10,13H2,1-5H3,(H,29,30). The van der Waals surface area contributed by atoms with Crippen LogP contribution in [-0.2, 0) is 30.6 Å². The molecule has 1 aliphatic carbocycles. The summed E-state index contributed by atoms with van der Waals surface area (Å²) in [7, 11) is 0. The van der Waals surface area contributed by atoms with E-state index in [0.29, 0.717) is 18.1 Å². The normalized spacial score (nSPS) is 15.1. The molecule has 0 aliphatic heterocycles. The van der Waals surface area contributed by atoms with Gasteiger partial charge in [0.15, 0.2) is 5.69 Å². The summed E-state index contributed by atoms with van der Waals surface area (Å²) in [5.41, 5.74) is 7.60. The van der Waals surface area contributed by atoms with Crippen molar-refractivity contribution in [2.24, 2.45) is 5.41 Å². The molecule has 1 aromatic carbocycles. The van der Waals surface area contributed by atoms with Gasteiger partial charge >= 0.3 is 5.97 Å². The molecule has 0 amide bonds. The van der Waals surface area contributed by atoms with Crippen molar-refractivity contribution in [1.29, 1.82) is 0 Å². The molecule has 0 fully saturated rings. The zero-order valence-electron chi connectivity index (χ0n) is 18.9. The highest BCUT2D eigenvalue weighted by molar-refractivity contribution is 5.68. The number of rotatable bonds is 6. The zero-order valence-corrected chi connectivity index (χ0v) is 18.9. The van der Waals surface area contributed by atoms with Crippen LogP contribution in [0.4, 0.5) is 0 Å². The number of nitrogens with zero attached hydrogens (tertiary/aromatic N) is 4. The fourth-order valence-electron chi connectivity index (χ4n) is 4.62. The lowest BCUT2D eigenvalue weighted by atomic mass is 9.76. The van der Waals surface area contributed by atoms with Gasteiger partial charge in [-0.2, -0.15) is 10.1 Å². The second-order valence-corrected chi connectivity index (χ2v) is 9.34. The average molecular weight is 423 g/mol. The van der Waals surface area contributed by atoms with E-state index in [4.69, 9.17) is 14.7 Å². The summed E-state index contributed by atoms with van der Waals surface area (Å²) in [6.45, 7) is 11.5. The number of aryl methyl sites for hydroxylation is 3. The molecule has 0 spiro atoms. The van der Waals surface area contributed by atoms with Gasteiger partial charge in [0.25, 0.3) is 5.89 Å². The van der Waals surface area contributed by atoms with E-state index in [1.165, 1.54) is 11.3 Å². The highest BCUT2D eigenvalue weighted by atomic mass is 16.5. The zero-order chi connectivity index (χ0) is 22.3. The predicted molar refractivity (Wildman–Crippen MR) is 118 cm³/mol. The highest BCUT2D eigenvalue weighted by Crippen LogP contribution is 2.39. The summed E-state index contributed by atoms with van der Waals surface area (Å²) >= 11 is 0. The number of carbonyl (C=O) groups is 1. The van der Waals surface area contributed by atoms with Crippen LogP contribution in [0, 0.1) is 19.3 Å². The molecule has 1 N–H and O–H groups in total. The van der Waals surface area contributed by atoms with E-state index in [0.717, 1.165) is 53.8 Å². The molecule has 7 nitrogen and oxygen atoms in total. The van der Waals surface area contributed by atoms with Crippen LogP contribution in [0.15, 0.2) is 16.7 Å². The Kier molecular flexibility index (Phi) is 5.45. The highest BCUT2D eigenvalue weighted by Gasteiger charge is 2.32. The van der Waals surface area contributed by atoms with E-state index in [2.05, 4.69) is 35.6 Å². The fraction of sp³-hybridized carbons (Fsp3) is 0.500. The van der Waals surface area contributed by atoms with Gasteiger partial charge in [-0.05, 0) is 80.7 Å². The summed E-state index contributed by atoms with van der Waals surface area (Å²) in [5, 5.41) is 18.0. The van der Waals surface area contributed by atoms with Gasteiger partial charge in [-0.25, -0.2) is 0 Å². The van der Waals surface area contributed by atoms with Gasteiger partial charge in [-0.3, -0.25) is 9.48 Å². The summed E-state index contributed by atoms with van der Waals surface area (Å²) < 4.78 is 7.73. The number of hydrogen-bond donors (Lipinski definition) is 1. The van der Waals surface area contributed by atoms with Crippen molar-refractivity contribution in [1.82, 2.24) is 19.9 Å². The number of fused-ring (bicyclic) bond motifs is 1. The number of carboxylic acid groups (broad SMARTS) is 1. The Hall–Kier alpha value is -2.96. The molecule has 3 aromatic rings. The second kappa shape index (κ2) is 7.94. The van der Waals surface area contributed by atoms with Gasteiger partial charge in [0, 0.05) is 29.8 Å². The smallest absolute Gasteiger partial charge is 0.303 e. The first-order chi connectivity index (χ1) is 14.7. The monoisotopic (exact) mass is 422 g/mol. The molecule has 0 atom stereocenters. The lowest BCUT2D eigenvalue weighted by Gasteiger charge is -2.30. The SMILES string of the molecule is CCn1nc(-c2nc(-c3cc(C)c(CCC(=O)O)c(C)c3)no2)c2c1CC(C)(C)CC2. The van der Waals surface area contributed by atoms with Gasteiger partial charge < -0.3 is 9.63 Å². The maximum Gasteiger partial charge on any atom is 0.303 e. The molecule has 0 bridgehead atoms. The summed E-state index contributed by atoms with van der Waals surface area (Å²) in [6.07, 6.45) is 3.71. The minimum atomic E-state index is -0.788. The van der Waals surface area contributed by atoms with Crippen molar-refractivity contribution in [2.45, 2.75) is 73.3 Å². The third kappa shape index (κ3) is 4.13. The number of benzene rings is 1. The molecule has 7 heteroatoms. The molecule has 0 radical (unpaired) electrons. The number of carboxylic acids is 1. The molecule has 0 saturated carbocycles. The third-order valence-corrected chi connectivity index (χ3v) is 6.34. The van der Waals surface area contributed by atoms with Crippen molar-refractivity contribution < 1.29 is 14.4 Å². The minimum absolute atomic E-state index is 0.120. The Labute approximate surface area is 182 Å². The topological polar surface area (TPSA) is 94.0 Å². The predicted octanol–water partition coefficient (Wildman–Crippen LogP) is 4.77. The first kappa shape index (κ1) is 21.3. The maximum absolute atomic E-state index is 10.9. The first-order valence-corrected chi connectivity index (χ1v) is 10.9. The Morgan fingerprint density at radius 2 is 1.97 bits per heavy atom. The van der Waals surface area contributed by atoms with E-state index in [-0.39, 0.29) is 11.8 Å². The quantitative estimate of drug-likeness (QED) is 0.615. The molecule has 1 aliphatic rings. The van der Waals surface area contributed by atoms with Gasteiger partial charge in [0.05, 0.1) is 0 Å². The molecule has 31 heavy (non-hydrogen) atoms. The lowest BCUT2D eigenvalue weighted by Crippen LogP contribution is -2.24. The van der Waals surface area contributed by atoms with Crippen LogP contribution < -0.4 is 0 Å². The van der Waals surface area contributed by atoms with Gasteiger partial charge in [0.2, 0.25) is 5.82 Å². The molecule has 4 rings (SSSR count). The summed E-state index contributed by atoms with van der Waals surface area (Å²) in [4.78, 5) is 15.6. The van der Waals surface area contributed by atoms with Crippen molar-refractivity contribution >= 4 is 5.97 Å². The Morgan fingerprint density at radius 3 is 2.61 bits per heavy atom. The van der Waals surface area contributed by atoms with Crippen molar-refractivity contribution in [3.8, 4) is 23.0 Å². The molecule has 0 saturated heterocycles. The number of hydrogen-bond acceptors (Lipinski definition) is 5. The van der Waals surface area contributed by atoms with E-state index in [9.17, 15) is 4.79 Å². The Bertz CT molecular complexity index is 1120. The van der Waals surface area contributed by atoms with Crippen LogP contribution in [0.1, 0.15) is 61.6 Å². The lowest BCUT2D eigenvalue weighted by molar-refractivity contribution is -0.136. The van der Waals surface area contributed by atoms with Crippen molar-refractivity contribution in [2.75, 3.05) is 0 Å². The van der Waals surface area contributed by atoms with E-state index in [1.54, 1.807) is 0 Å². The number of aromatic nitrogens is 4. The van der Waals surface area contributed by atoms with Crippen LogP contribution in [0.2, 0.25) is 0 Å². The molecule has 2 heterocycles. The Morgan fingerprint density at radius 1 is 1.26 bits per heavy atom. The third-order valence-electron chi connectivity index (χ3n) is 6.34. The molecular weight excluding hydrogens is 392 g/mol. The summed E-state index contributed by atoms with van der Waals surface area (Å²) in [6, 6.07) is 4.00. The van der Waals surface area contributed by atoms with E-state index < -0.39 is 5.97 Å². The molecular formula is C24H30N4O3. The fourth-order valence-corrected chi connectivity index (χ4v) is 4.62. The van der Waals surface area contributed by atoms with Gasteiger partial charge in [-0.1, -0.05) is 19.0 Å². The van der Waals surface area contributed by atoms with Crippen LogP contribution in [0.25, 0.3) is 23.0 Å². The first-order valence-electron chi connectivity index (χ1n) is 10.9. The van der Waals surface area contributed by atoms with Gasteiger partial charge in [0.1, 0.15) is 0 Å². The van der Waals surface area contributed by atoms with Crippen LogP contribution >= 0.6 is 0 Å². The largest absolute Gasteiger partial charge is 0.481 e. The maximum atomic E-state index is 10.9. The van der Waals surface area contributed by atoms with Crippen molar-refractivity contribution in [3.05, 3.63) is 40.1 Å². The Balaban J connectivity index is 1.67. The van der Waals surface area contributed by atoms with E-state index >= 15 is 0 Å². The second-order valence-electron chi connectivity index (χ2n) is 9.34. The molecule has 2 aromatic heterocycles. The van der Waals surface area contributed by atoms with Crippen LogP contribution in [0.5, 0.6) is 0 Å². The van der Waals surface area contributed by atoms with Crippen LogP contribution in [-0.4, -0.2) is 31.0 Å². The number of aliphatic carboxylic acids is 1. The van der Waals surface area contributed by atoms with Crippen molar-refractivity contribution in [3.63, 3.8) is 0 Å². The summed E-state index contributed by atoms with van der Waals surface area (Å²) in [5.74, 6) is 0.203.